The lowest BCUT2D eigenvalue weighted by Crippen LogP contribution is -2.08. The molecule has 0 radical (unpaired) electrons. The van der Waals surface area contributed by atoms with Crippen LogP contribution in [0.3, 0.4) is 0 Å². The summed E-state index contributed by atoms with van der Waals surface area (Å²) in [5.74, 6) is -0.613. The van der Waals surface area contributed by atoms with Crippen molar-refractivity contribution in [1.82, 2.24) is 0 Å². The number of esters is 1. The van der Waals surface area contributed by atoms with Crippen LogP contribution in [0.25, 0.3) is 11.0 Å². The number of aryl methyl sites for hydroxylation is 2. The fourth-order valence-corrected chi connectivity index (χ4v) is 2.86. The molecule has 0 saturated heterocycles. The van der Waals surface area contributed by atoms with Gasteiger partial charge in [-0.25, -0.2) is 9.59 Å². The van der Waals surface area contributed by atoms with Crippen LogP contribution < -0.4 is 5.63 Å². The molecular weight excluding hydrogens is 363 g/mol. The van der Waals surface area contributed by atoms with Gasteiger partial charge in [0.05, 0.1) is 15.6 Å². The van der Waals surface area contributed by atoms with Gasteiger partial charge in [-0.2, -0.15) is 0 Å². The Labute approximate surface area is 153 Å². The summed E-state index contributed by atoms with van der Waals surface area (Å²) in [6.07, 6.45) is 0. The van der Waals surface area contributed by atoms with Crippen LogP contribution in [0, 0.1) is 13.8 Å². The molecule has 0 aliphatic heterocycles. The lowest BCUT2D eigenvalue weighted by Gasteiger charge is -2.10. The molecule has 3 aromatic rings. The zero-order valence-electron chi connectivity index (χ0n) is 13.6. The van der Waals surface area contributed by atoms with E-state index in [9.17, 15) is 9.59 Å². The zero-order valence-corrected chi connectivity index (χ0v) is 15.1. The Morgan fingerprint density at radius 3 is 2.60 bits per heavy atom. The van der Waals surface area contributed by atoms with E-state index in [1.807, 2.05) is 19.9 Å². The van der Waals surface area contributed by atoms with E-state index in [2.05, 4.69) is 0 Å². The van der Waals surface area contributed by atoms with E-state index in [1.165, 1.54) is 12.1 Å². The third-order valence-corrected chi connectivity index (χ3v) is 4.79. The molecule has 0 amide bonds. The number of benzene rings is 2. The Morgan fingerprint density at radius 1 is 1.12 bits per heavy atom. The molecule has 0 N–H and O–H groups in total. The summed E-state index contributed by atoms with van der Waals surface area (Å²) in [6, 6.07) is 9.75. The first-order valence-corrected chi connectivity index (χ1v) is 8.27. The molecule has 6 heteroatoms. The second-order valence-corrected chi connectivity index (χ2v) is 6.49. The van der Waals surface area contributed by atoms with Gasteiger partial charge in [-0.1, -0.05) is 29.3 Å². The van der Waals surface area contributed by atoms with Crippen molar-refractivity contribution < 1.29 is 13.9 Å². The molecule has 3 rings (SSSR count). The molecule has 2 aromatic carbocycles. The van der Waals surface area contributed by atoms with Gasteiger partial charge in [0.15, 0.2) is 0 Å². The van der Waals surface area contributed by atoms with E-state index in [4.69, 9.17) is 32.4 Å². The van der Waals surface area contributed by atoms with Gasteiger partial charge in [-0.15, -0.1) is 0 Å². The highest BCUT2D eigenvalue weighted by Gasteiger charge is 2.15. The first-order valence-electron chi connectivity index (χ1n) is 7.52. The molecule has 0 saturated carbocycles. The van der Waals surface area contributed by atoms with Crippen LogP contribution in [0.15, 0.2) is 45.6 Å². The molecule has 25 heavy (non-hydrogen) atoms. The molecule has 0 atom stereocenters. The fourth-order valence-electron chi connectivity index (χ4n) is 2.48. The predicted octanol–water partition coefficient (Wildman–Crippen LogP) is 5.07. The van der Waals surface area contributed by atoms with Crippen LogP contribution in [0.2, 0.25) is 10.0 Å². The van der Waals surface area contributed by atoms with E-state index in [0.29, 0.717) is 11.1 Å². The van der Waals surface area contributed by atoms with E-state index >= 15 is 0 Å². The van der Waals surface area contributed by atoms with Gasteiger partial charge < -0.3 is 9.15 Å². The van der Waals surface area contributed by atoms with Crippen LogP contribution in [-0.2, 0) is 11.3 Å². The van der Waals surface area contributed by atoms with Crippen molar-refractivity contribution in [2.24, 2.45) is 0 Å². The zero-order chi connectivity index (χ0) is 18.1. The highest BCUT2D eigenvalue weighted by atomic mass is 35.5. The lowest BCUT2D eigenvalue weighted by molar-refractivity contribution is 0.0474. The topological polar surface area (TPSA) is 56.5 Å². The summed E-state index contributed by atoms with van der Waals surface area (Å²) in [7, 11) is 0. The van der Waals surface area contributed by atoms with Crippen LogP contribution in [0.4, 0.5) is 0 Å². The van der Waals surface area contributed by atoms with Crippen LogP contribution in [0.1, 0.15) is 27.0 Å². The highest BCUT2D eigenvalue weighted by molar-refractivity contribution is 6.43. The van der Waals surface area contributed by atoms with Gasteiger partial charge >= 0.3 is 11.6 Å². The van der Waals surface area contributed by atoms with E-state index in [1.54, 1.807) is 18.2 Å². The van der Waals surface area contributed by atoms with Crippen molar-refractivity contribution in [1.29, 1.82) is 0 Å². The summed E-state index contributed by atoms with van der Waals surface area (Å²) >= 11 is 11.9. The number of hydrogen-bond acceptors (Lipinski definition) is 4. The molecule has 128 valence electrons. The monoisotopic (exact) mass is 376 g/mol. The number of halogens is 2. The van der Waals surface area contributed by atoms with E-state index < -0.39 is 11.6 Å². The summed E-state index contributed by atoms with van der Waals surface area (Å²) in [5.41, 5.74) is 2.77. The Balaban J connectivity index is 1.93. The SMILES string of the molecule is Cc1cc2oc(=O)cc(COC(=O)c3cccc(Cl)c3Cl)c2cc1C. The predicted molar refractivity (Wildman–Crippen MR) is 97.5 cm³/mol. The minimum Gasteiger partial charge on any atom is -0.457 e. The maximum atomic E-state index is 12.3. The molecule has 0 bridgehead atoms. The number of fused-ring (bicyclic) bond motifs is 1. The van der Waals surface area contributed by atoms with Gasteiger partial charge in [0.25, 0.3) is 0 Å². The van der Waals surface area contributed by atoms with E-state index in [0.717, 1.165) is 16.5 Å². The summed E-state index contributed by atoms with van der Waals surface area (Å²) in [6.45, 7) is 3.82. The highest BCUT2D eigenvalue weighted by Crippen LogP contribution is 2.27. The normalized spacial score (nSPS) is 10.9. The molecule has 0 aliphatic rings. The Kier molecular flexibility index (Phi) is 4.84. The second-order valence-electron chi connectivity index (χ2n) is 5.70. The quantitative estimate of drug-likeness (QED) is 0.472. The second kappa shape index (κ2) is 6.90. The Morgan fingerprint density at radius 2 is 1.84 bits per heavy atom. The fraction of sp³-hybridized carbons (Fsp3) is 0.158. The minimum atomic E-state index is -0.613. The third kappa shape index (κ3) is 3.55. The van der Waals surface area contributed by atoms with Crippen molar-refractivity contribution in [3.05, 3.63) is 79.1 Å². The number of hydrogen-bond donors (Lipinski definition) is 0. The van der Waals surface area contributed by atoms with Crippen molar-refractivity contribution in [2.75, 3.05) is 0 Å². The average Bonchev–Trinajstić information content (AvgIpc) is 2.56. The first kappa shape index (κ1) is 17.5. The molecule has 4 nitrogen and oxygen atoms in total. The minimum absolute atomic E-state index is 0.0771. The first-order chi connectivity index (χ1) is 11.9. The molecule has 0 unspecified atom stereocenters. The van der Waals surface area contributed by atoms with Crippen molar-refractivity contribution >= 4 is 40.1 Å². The molecule has 1 heterocycles. The van der Waals surface area contributed by atoms with Gasteiger partial charge in [-0.3, -0.25) is 0 Å². The molecule has 0 spiro atoms. The largest absolute Gasteiger partial charge is 0.457 e. The summed E-state index contributed by atoms with van der Waals surface area (Å²) in [5, 5.41) is 1.14. The standard InChI is InChI=1S/C19H14Cl2O4/c1-10-6-14-12(8-17(22)25-16(14)7-11(10)2)9-24-19(23)13-4-3-5-15(20)18(13)21/h3-8H,9H2,1-2H3. The van der Waals surface area contributed by atoms with Crippen LogP contribution >= 0.6 is 23.2 Å². The van der Waals surface area contributed by atoms with Gasteiger partial charge in [-0.05, 0) is 49.2 Å². The van der Waals surface area contributed by atoms with Crippen LogP contribution in [0.5, 0.6) is 0 Å². The van der Waals surface area contributed by atoms with Crippen LogP contribution in [-0.4, -0.2) is 5.97 Å². The maximum absolute atomic E-state index is 12.3. The summed E-state index contributed by atoms with van der Waals surface area (Å²) < 4.78 is 10.6. The third-order valence-electron chi connectivity index (χ3n) is 3.97. The summed E-state index contributed by atoms with van der Waals surface area (Å²) in [4.78, 5) is 24.0. The maximum Gasteiger partial charge on any atom is 0.340 e. The van der Waals surface area contributed by atoms with E-state index in [-0.39, 0.29) is 22.2 Å². The van der Waals surface area contributed by atoms with Crippen molar-refractivity contribution in [3.63, 3.8) is 0 Å². The smallest absolute Gasteiger partial charge is 0.340 e. The average molecular weight is 377 g/mol. The number of carbonyl (C=O) groups excluding carboxylic acids is 1. The number of ether oxygens (including phenoxy) is 1. The van der Waals surface area contributed by atoms with Gasteiger partial charge in [0, 0.05) is 17.0 Å². The molecular formula is C19H14Cl2O4. The van der Waals surface area contributed by atoms with Gasteiger partial charge in [0.1, 0.15) is 12.2 Å². The van der Waals surface area contributed by atoms with Crippen molar-refractivity contribution in [2.45, 2.75) is 20.5 Å². The number of carbonyl (C=O) groups is 1. The Hall–Kier alpha value is -2.30. The Bertz CT molecular complexity index is 1040. The molecule has 1 aromatic heterocycles. The van der Waals surface area contributed by atoms with Crippen molar-refractivity contribution in [3.8, 4) is 0 Å². The number of rotatable bonds is 3. The molecule has 0 aliphatic carbocycles. The molecule has 0 fully saturated rings. The van der Waals surface area contributed by atoms with Gasteiger partial charge in [0.2, 0.25) is 0 Å². The lowest BCUT2D eigenvalue weighted by atomic mass is 10.0.